The second kappa shape index (κ2) is 9.28. The number of hydrogen-bond acceptors (Lipinski definition) is 4. The second-order valence-corrected chi connectivity index (χ2v) is 7.95. The second-order valence-electron chi connectivity index (χ2n) is 6.43. The summed E-state index contributed by atoms with van der Waals surface area (Å²) >= 11 is 6.94. The third-order valence-corrected chi connectivity index (χ3v) is 5.87. The number of carbonyl (C=O) groups excluding carboxylic acids is 1. The van der Waals surface area contributed by atoms with Crippen LogP contribution in [0, 0.1) is 5.82 Å². The highest BCUT2D eigenvalue weighted by Crippen LogP contribution is 2.37. The van der Waals surface area contributed by atoms with E-state index in [0.29, 0.717) is 28.0 Å². The summed E-state index contributed by atoms with van der Waals surface area (Å²) in [7, 11) is 0. The van der Waals surface area contributed by atoms with E-state index in [1.54, 1.807) is 30.4 Å². The maximum absolute atomic E-state index is 13.4. The van der Waals surface area contributed by atoms with Crippen molar-refractivity contribution in [3.8, 4) is 0 Å². The Morgan fingerprint density at radius 2 is 2.00 bits per heavy atom. The number of benzene rings is 1. The van der Waals surface area contributed by atoms with Crippen LogP contribution < -0.4 is 10.6 Å². The molecule has 27 heavy (non-hydrogen) atoms. The van der Waals surface area contributed by atoms with Gasteiger partial charge in [0.2, 0.25) is 0 Å². The van der Waals surface area contributed by atoms with Gasteiger partial charge >= 0.3 is 5.97 Å². The van der Waals surface area contributed by atoms with Gasteiger partial charge in [-0.2, -0.15) is 0 Å². The molecule has 7 heteroatoms. The normalized spacial score (nSPS) is 13.9. The molecule has 1 aromatic carbocycles. The Morgan fingerprint density at radius 1 is 1.22 bits per heavy atom. The Hall–Kier alpha value is -1.99. The fraction of sp³-hybridized carbons (Fsp3) is 0.400. The minimum absolute atomic E-state index is 0.313. The average molecular weight is 407 g/mol. The third kappa shape index (κ3) is 5.05. The van der Waals surface area contributed by atoms with Gasteiger partial charge in [-0.05, 0) is 68.6 Å². The largest absolute Gasteiger partial charge is 0.462 e. The molecule has 0 amide bonds. The maximum atomic E-state index is 13.4. The summed E-state index contributed by atoms with van der Waals surface area (Å²) in [6.45, 7) is 2.13. The van der Waals surface area contributed by atoms with Gasteiger partial charge in [-0.3, -0.25) is 0 Å². The summed E-state index contributed by atoms with van der Waals surface area (Å²) in [5, 5.41) is 7.12. The number of halogens is 1. The molecule has 0 bridgehead atoms. The smallest absolute Gasteiger partial charge is 0.341 e. The SMILES string of the molecule is CCOC(=O)c1c(NC(=S)Nc2cccc(F)c2)sc2c1CCCCCC2. The van der Waals surface area contributed by atoms with Gasteiger partial charge in [-0.1, -0.05) is 18.9 Å². The van der Waals surface area contributed by atoms with Crippen LogP contribution in [0.1, 0.15) is 53.4 Å². The van der Waals surface area contributed by atoms with E-state index in [2.05, 4.69) is 10.6 Å². The molecule has 0 atom stereocenters. The molecule has 0 saturated carbocycles. The molecule has 144 valence electrons. The molecule has 2 N–H and O–H groups in total. The van der Waals surface area contributed by atoms with Crippen LogP contribution in [-0.4, -0.2) is 17.7 Å². The van der Waals surface area contributed by atoms with Gasteiger partial charge in [0, 0.05) is 10.6 Å². The zero-order chi connectivity index (χ0) is 19.2. The predicted molar refractivity (Wildman–Crippen MR) is 112 cm³/mol. The summed E-state index contributed by atoms with van der Waals surface area (Å²) in [6.07, 6.45) is 6.45. The lowest BCUT2D eigenvalue weighted by molar-refractivity contribution is 0.0526. The number of ether oxygens (including phenoxy) is 1. The first-order chi connectivity index (χ1) is 13.1. The Morgan fingerprint density at radius 3 is 2.74 bits per heavy atom. The summed E-state index contributed by atoms with van der Waals surface area (Å²) in [5.41, 5.74) is 2.25. The Labute approximate surface area is 168 Å². The van der Waals surface area contributed by atoms with Crippen molar-refractivity contribution in [3.05, 3.63) is 46.1 Å². The monoisotopic (exact) mass is 406 g/mol. The highest BCUT2D eigenvalue weighted by Gasteiger charge is 2.25. The first-order valence-corrected chi connectivity index (χ1v) is 10.5. The van der Waals surface area contributed by atoms with E-state index >= 15 is 0 Å². The van der Waals surface area contributed by atoms with E-state index < -0.39 is 0 Å². The number of aryl methyl sites for hydroxylation is 1. The van der Waals surface area contributed by atoms with Crippen molar-refractivity contribution in [3.63, 3.8) is 0 Å². The number of carbonyl (C=O) groups is 1. The van der Waals surface area contributed by atoms with Crippen LogP contribution in [-0.2, 0) is 17.6 Å². The molecule has 0 radical (unpaired) electrons. The Balaban J connectivity index is 1.85. The van der Waals surface area contributed by atoms with Crippen LogP contribution >= 0.6 is 23.6 Å². The minimum atomic E-state index is -0.339. The lowest BCUT2D eigenvalue weighted by atomic mass is 9.96. The average Bonchev–Trinajstić information content (AvgIpc) is 2.91. The van der Waals surface area contributed by atoms with Crippen molar-refractivity contribution in [1.29, 1.82) is 0 Å². The molecule has 2 aromatic rings. The number of nitrogens with one attached hydrogen (secondary N) is 2. The van der Waals surface area contributed by atoms with Crippen molar-refractivity contribution < 1.29 is 13.9 Å². The number of thiocarbonyl (C=S) groups is 1. The predicted octanol–water partition coefficient (Wildman–Crippen LogP) is 5.53. The lowest BCUT2D eigenvalue weighted by Gasteiger charge is -2.12. The quantitative estimate of drug-likeness (QED) is 0.516. The number of hydrogen-bond donors (Lipinski definition) is 2. The van der Waals surface area contributed by atoms with Gasteiger partial charge in [-0.25, -0.2) is 9.18 Å². The molecular weight excluding hydrogens is 383 g/mol. The maximum Gasteiger partial charge on any atom is 0.341 e. The highest BCUT2D eigenvalue weighted by atomic mass is 32.1. The summed E-state index contributed by atoms with van der Waals surface area (Å²) < 4.78 is 18.7. The van der Waals surface area contributed by atoms with Crippen LogP contribution in [0.25, 0.3) is 0 Å². The summed E-state index contributed by atoms with van der Waals surface area (Å²) in [6, 6.07) is 6.09. The van der Waals surface area contributed by atoms with Crippen LogP contribution in [0.4, 0.5) is 15.1 Å². The standard InChI is InChI=1S/C20H23FN2O2S2/c1-2-25-19(24)17-15-10-5-3-4-6-11-16(15)27-18(17)23-20(26)22-14-9-7-8-13(21)12-14/h7-9,12H,2-6,10-11H2,1H3,(H2,22,23,26). The van der Waals surface area contributed by atoms with Crippen molar-refractivity contribution >= 4 is 45.3 Å². The van der Waals surface area contributed by atoms with E-state index in [0.717, 1.165) is 31.2 Å². The zero-order valence-corrected chi connectivity index (χ0v) is 16.9. The lowest BCUT2D eigenvalue weighted by Crippen LogP contribution is -2.20. The molecule has 1 aromatic heterocycles. The molecule has 0 unspecified atom stereocenters. The van der Waals surface area contributed by atoms with Gasteiger partial charge in [0.25, 0.3) is 0 Å². The number of anilines is 2. The summed E-state index contributed by atoms with van der Waals surface area (Å²) in [4.78, 5) is 13.8. The number of fused-ring (bicyclic) bond motifs is 1. The molecule has 3 rings (SSSR count). The zero-order valence-electron chi connectivity index (χ0n) is 15.3. The van der Waals surface area contributed by atoms with E-state index in [1.807, 2.05) is 0 Å². The molecule has 0 spiro atoms. The fourth-order valence-corrected chi connectivity index (χ4v) is 4.82. The first kappa shape index (κ1) is 19.8. The fourth-order valence-electron chi connectivity index (χ4n) is 3.26. The first-order valence-electron chi connectivity index (χ1n) is 9.23. The molecule has 4 nitrogen and oxygen atoms in total. The van der Waals surface area contributed by atoms with Gasteiger partial charge in [0.05, 0.1) is 12.2 Å². The molecule has 1 heterocycles. The molecule has 0 saturated heterocycles. The van der Waals surface area contributed by atoms with E-state index in [1.165, 1.54) is 29.9 Å². The number of thiophene rings is 1. The summed E-state index contributed by atoms with van der Waals surface area (Å²) in [5.74, 6) is -0.652. The van der Waals surface area contributed by atoms with Crippen molar-refractivity contribution in [2.45, 2.75) is 45.4 Å². The van der Waals surface area contributed by atoms with E-state index in [4.69, 9.17) is 17.0 Å². The van der Waals surface area contributed by atoms with Gasteiger partial charge in [-0.15, -0.1) is 11.3 Å². The Bertz CT molecular complexity index is 835. The van der Waals surface area contributed by atoms with Crippen LogP contribution in [0.3, 0.4) is 0 Å². The minimum Gasteiger partial charge on any atom is -0.462 e. The molecule has 1 aliphatic rings. The highest BCUT2D eigenvalue weighted by molar-refractivity contribution is 7.80. The number of rotatable bonds is 4. The van der Waals surface area contributed by atoms with Gasteiger partial charge < -0.3 is 15.4 Å². The van der Waals surface area contributed by atoms with Crippen molar-refractivity contribution in [2.75, 3.05) is 17.2 Å². The topological polar surface area (TPSA) is 50.4 Å². The van der Waals surface area contributed by atoms with Crippen molar-refractivity contribution in [1.82, 2.24) is 0 Å². The molecule has 1 aliphatic carbocycles. The molecular formula is C20H23FN2O2S2. The molecule has 0 fully saturated rings. The van der Waals surface area contributed by atoms with E-state index in [9.17, 15) is 9.18 Å². The third-order valence-electron chi connectivity index (χ3n) is 4.46. The van der Waals surface area contributed by atoms with Crippen LogP contribution in [0.2, 0.25) is 0 Å². The van der Waals surface area contributed by atoms with E-state index in [-0.39, 0.29) is 11.8 Å². The van der Waals surface area contributed by atoms with Gasteiger partial charge in [0.15, 0.2) is 5.11 Å². The van der Waals surface area contributed by atoms with Crippen molar-refractivity contribution in [2.24, 2.45) is 0 Å². The Kier molecular flexibility index (Phi) is 6.79. The van der Waals surface area contributed by atoms with Crippen LogP contribution in [0.15, 0.2) is 24.3 Å². The van der Waals surface area contributed by atoms with Gasteiger partial charge in [0.1, 0.15) is 10.8 Å². The van der Waals surface area contributed by atoms with Crippen LogP contribution in [0.5, 0.6) is 0 Å². The number of esters is 1. The molecule has 0 aliphatic heterocycles.